The highest BCUT2D eigenvalue weighted by Crippen LogP contribution is 2.33. The SMILES string of the molecule is CNC(=O)N1CC=C(c2nn(-c3ccc(OC)cc3)c(-c3ccc(C)cc3)c2F)CC1. The van der Waals surface area contributed by atoms with E-state index in [2.05, 4.69) is 10.4 Å². The van der Waals surface area contributed by atoms with Crippen LogP contribution in [-0.2, 0) is 0 Å². The van der Waals surface area contributed by atoms with Crippen molar-refractivity contribution >= 4 is 11.6 Å². The molecule has 31 heavy (non-hydrogen) atoms. The third-order valence-corrected chi connectivity index (χ3v) is 5.48. The first-order valence-corrected chi connectivity index (χ1v) is 10.2. The normalized spacial score (nSPS) is 13.7. The van der Waals surface area contributed by atoms with Gasteiger partial charge in [0.25, 0.3) is 0 Å². The van der Waals surface area contributed by atoms with E-state index in [0.717, 1.165) is 28.1 Å². The van der Waals surface area contributed by atoms with Gasteiger partial charge in [-0.3, -0.25) is 0 Å². The van der Waals surface area contributed by atoms with Crippen molar-refractivity contribution < 1.29 is 13.9 Å². The summed E-state index contributed by atoms with van der Waals surface area (Å²) in [6.07, 6.45) is 2.42. The second-order valence-corrected chi connectivity index (χ2v) is 7.47. The lowest BCUT2D eigenvalue weighted by molar-refractivity contribution is 0.205. The van der Waals surface area contributed by atoms with Crippen molar-refractivity contribution in [2.24, 2.45) is 0 Å². The van der Waals surface area contributed by atoms with Crippen LogP contribution >= 0.6 is 0 Å². The maximum Gasteiger partial charge on any atom is 0.317 e. The van der Waals surface area contributed by atoms with Gasteiger partial charge in [-0.2, -0.15) is 5.10 Å². The first-order valence-electron chi connectivity index (χ1n) is 10.2. The minimum Gasteiger partial charge on any atom is -0.497 e. The zero-order chi connectivity index (χ0) is 22.0. The standard InChI is InChI=1S/C24H25FN4O2/c1-16-4-6-18(7-5-16)23-21(25)22(17-12-14-28(15-13-17)24(30)26-2)27-29(23)19-8-10-20(31-3)11-9-19/h4-12H,13-15H2,1-3H3,(H,26,30). The van der Waals surface area contributed by atoms with Gasteiger partial charge in [0.05, 0.1) is 12.8 Å². The summed E-state index contributed by atoms with van der Waals surface area (Å²) in [6.45, 7) is 2.93. The number of carbonyl (C=O) groups excluding carboxylic acids is 1. The quantitative estimate of drug-likeness (QED) is 0.680. The summed E-state index contributed by atoms with van der Waals surface area (Å²) in [4.78, 5) is 13.5. The fourth-order valence-corrected chi connectivity index (χ4v) is 3.70. The number of benzene rings is 2. The molecule has 4 rings (SSSR count). The highest BCUT2D eigenvalue weighted by Gasteiger charge is 2.25. The van der Waals surface area contributed by atoms with Crippen LogP contribution in [0.25, 0.3) is 22.5 Å². The number of urea groups is 1. The summed E-state index contributed by atoms with van der Waals surface area (Å²) in [5.74, 6) is 0.358. The number of nitrogens with one attached hydrogen (secondary N) is 1. The molecule has 0 aliphatic carbocycles. The average Bonchev–Trinajstić information content (AvgIpc) is 3.16. The van der Waals surface area contributed by atoms with E-state index >= 15 is 4.39 Å². The van der Waals surface area contributed by atoms with Crippen LogP contribution in [0.1, 0.15) is 17.7 Å². The molecular formula is C24H25FN4O2. The number of amides is 2. The molecule has 0 saturated heterocycles. The van der Waals surface area contributed by atoms with E-state index in [-0.39, 0.29) is 11.8 Å². The highest BCUT2D eigenvalue weighted by molar-refractivity contribution is 5.77. The monoisotopic (exact) mass is 420 g/mol. The van der Waals surface area contributed by atoms with Crippen molar-refractivity contribution in [3.63, 3.8) is 0 Å². The van der Waals surface area contributed by atoms with E-state index < -0.39 is 0 Å². The molecule has 1 aromatic heterocycles. The molecule has 7 heteroatoms. The first-order chi connectivity index (χ1) is 15.0. The van der Waals surface area contributed by atoms with Crippen molar-refractivity contribution in [1.29, 1.82) is 0 Å². The van der Waals surface area contributed by atoms with Crippen LogP contribution in [0.4, 0.5) is 9.18 Å². The molecule has 0 fully saturated rings. The smallest absolute Gasteiger partial charge is 0.317 e. The highest BCUT2D eigenvalue weighted by atomic mass is 19.1. The van der Waals surface area contributed by atoms with E-state index in [1.807, 2.05) is 61.5 Å². The van der Waals surface area contributed by atoms with Gasteiger partial charge in [-0.25, -0.2) is 13.9 Å². The van der Waals surface area contributed by atoms with Crippen molar-refractivity contribution in [1.82, 2.24) is 20.0 Å². The Balaban J connectivity index is 1.79. The number of ether oxygens (including phenoxy) is 1. The number of rotatable bonds is 4. The van der Waals surface area contributed by atoms with E-state index in [1.165, 1.54) is 0 Å². The Labute approximate surface area is 180 Å². The van der Waals surface area contributed by atoms with Gasteiger partial charge < -0.3 is 15.0 Å². The fraction of sp³-hybridized carbons (Fsp3) is 0.250. The zero-order valence-corrected chi connectivity index (χ0v) is 17.9. The van der Waals surface area contributed by atoms with Crippen LogP contribution in [0.5, 0.6) is 5.75 Å². The lowest BCUT2D eigenvalue weighted by Crippen LogP contribution is -2.40. The molecule has 2 aromatic carbocycles. The van der Waals surface area contributed by atoms with Gasteiger partial charge in [-0.1, -0.05) is 35.9 Å². The number of hydrogen-bond donors (Lipinski definition) is 1. The summed E-state index contributed by atoms with van der Waals surface area (Å²) in [6, 6.07) is 15.0. The van der Waals surface area contributed by atoms with E-state index in [9.17, 15) is 4.79 Å². The van der Waals surface area contributed by atoms with Gasteiger partial charge in [0.15, 0.2) is 5.82 Å². The number of nitrogens with zero attached hydrogens (tertiary/aromatic N) is 3. The van der Waals surface area contributed by atoms with E-state index in [0.29, 0.717) is 30.9 Å². The Morgan fingerprint density at radius 2 is 1.84 bits per heavy atom. The third-order valence-electron chi connectivity index (χ3n) is 5.48. The molecule has 160 valence electrons. The van der Waals surface area contributed by atoms with Crippen molar-refractivity contribution in [2.45, 2.75) is 13.3 Å². The molecule has 1 aliphatic heterocycles. The van der Waals surface area contributed by atoms with Crippen molar-refractivity contribution in [3.8, 4) is 22.7 Å². The number of halogens is 1. The van der Waals surface area contributed by atoms with E-state index in [1.54, 1.807) is 23.7 Å². The molecular weight excluding hydrogens is 395 g/mol. The predicted molar refractivity (Wildman–Crippen MR) is 119 cm³/mol. The second-order valence-electron chi connectivity index (χ2n) is 7.47. The predicted octanol–water partition coefficient (Wildman–Crippen LogP) is 4.42. The molecule has 3 aromatic rings. The molecule has 0 bridgehead atoms. The Hall–Kier alpha value is -3.61. The summed E-state index contributed by atoms with van der Waals surface area (Å²) in [5.41, 5.74) is 4.13. The molecule has 2 heterocycles. The molecule has 6 nitrogen and oxygen atoms in total. The van der Waals surface area contributed by atoms with E-state index in [4.69, 9.17) is 4.74 Å². The number of methoxy groups -OCH3 is 1. The van der Waals surface area contributed by atoms with Gasteiger partial charge in [0, 0.05) is 25.7 Å². The molecule has 1 aliphatic rings. The zero-order valence-electron chi connectivity index (χ0n) is 17.9. The first kappa shape index (κ1) is 20.7. The maximum atomic E-state index is 15.8. The van der Waals surface area contributed by atoms with Crippen LogP contribution < -0.4 is 10.1 Å². The third kappa shape index (κ3) is 4.03. The molecule has 0 unspecified atom stereocenters. The minimum absolute atomic E-state index is 0.139. The summed E-state index contributed by atoms with van der Waals surface area (Å²) < 4.78 is 22.7. The number of aromatic nitrogens is 2. The van der Waals surface area contributed by atoms with Gasteiger partial charge in [0.2, 0.25) is 0 Å². The van der Waals surface area contributed by atoms with Crippen LogP contribution in [-0.4, -0.2) is 48.0 Å². The van der Waals surface area contributed by atoms with Crippen LogP contribution in [0.2, 0.25) is 0 Å². The van der Waals surface area contributed by atoms with Gasteiger partial charge in [-0.15, -0.1) is 0 Å². The Morgan fingerprint density at radius 1 is 1.13 bits per heavy atom. The summed E-state index contributed by atoms with van der Waals surface area (Å²) in [7, 11) is 3.21. The molecule has 0 saturated carbocycles. The fourth-order valence-electron chi connectivity index (χ4n) is 3.70. The molecule has 1 N–H and O–H groups in total. The largest absolute Gasteiger partial charge is 0.497 e. The minimum atomic E-state index is -0.362. The molecule has 0 spiro atoms. The average molecular weight is 420 g/mol. The summed E-state index contributed by atoms with van der Waals surface area (Å²) in [5, 5.41) is 7.29. The molecule has 0 radical (unpaired) electrons. The number of carbonyl (C=O) groups is 1. The molecule has 2 amide bonds. The van der Waals surface area contributed by atoms with Gasteiger partial charge >= 0.3 is 6.03 Å². The van der Waals surface area contributed by atoms with Crippen molar-refractivity contribution in [2.75, 3.05) is 27.2 Å². The second kappa shape index (κ2) is 8.63. The maximum absolute atomic E-state index is 15.8. The summed E-state index contributed by atoms with van der Waals surface area (Å²) >= 11 is 0. The number of hydrogen-bond acceptors (Lipinski definition) is 3. The topological polar surface area (TPSA) is 59.4 Å². The van der Waals surface area contributed by atoms with Gasteiger partial charge in [0.1, 0.15) is 17.1 Å². The van der Waals surface area contributed by atoms with Crippen molar-refractivity contribution in [3.05, 3.63) is 71.7 Å². The van der Waals surface area contributed by atoms with Crippen LogP contribution in [0.3, 0.4) is 0 Å². The Kier molecular flexibility index (Phi) is 5.75. The number of aryl methyl sites for hydroxylation is 1. The molecule has 0 atom stereocenters. The Morgan fingerprint density at radius 3 is 2.42 bits per heavy atom. The van der Waals surface area contributed by atoms with Crippen LogP contribution in [0, 0.1) is 12.7 Å². The lowest BCUT2D eigenvalue weighted by Gasteiger charge is -2.25. The van der Waals surface area contributed by atoms with Gasteiger partial charge in [-0.05, 0) is 43.2 Å². The lowest BCUT2D eigenvalue weighted by atomic mass is 10.0. The Bertz CT molecular complexity index is 1120. The van der Waals surface area contributed by atoms with Crippen LogP contribution in [0.15, 0.2) is 54.6 Å².